The molecule has 0 saturated heterocycles. The second-order valence-electron chi connectivity index (χ2n) is 5.03. The zero-order chi connectivity index (χ0) is 15.0. The van der Waals surface area contributed by atoms with Crippen molar-refractivity contribution in [3.63, 3.8) is 0 Å². The molecule has 0 heterocycles. The first-order valence-electron chi connectivity index (χ1n) is 6.03. The van der Waals surface area contributed by atoms with Gasteiger partial charge in [-0.3, -0.25) is 4.79 Å². The summed E-state index contributed by atoms with van der Waals surface area (Å²) >= 11 is 0. The molecule has 20 heavy (non-hydrogen) atoms. The Labute approximate surface area is 112 Å². The smallest absolute Gasteiger partial charge is 0.396 e. The predicted octanol–water partition coefficient (Wildman–Crippen LogP) is 2.35. The van der Waals surface area contributed by atoms with Crippen molar-refractivity contribution >= 4 is 5.91 Å². The number of benzene rings is 1. The Balaban J connectivity index is 2.13. The number of alkyl halides is 3. The molecule has 1 aromatic rings. The fourth-order valence-electron chi connectivity index (χ4n) is 1.81. The molecular weight excluding hydrogens is 278 g/mol. The van der Waals surface area contributed by atoms with Gasteiger partial charge in [0.1, 0.15) is 5.82 Å². The molecule has 3 nitrogen and oxygen atoms in total. The van der Waals surface area contributed by atoms with Crippen molar-refractivity contribution < 1.29 is 27.5 Å². The average Bonchev–Trinajstić information content (AvgIpc) is 3.16. The maximum Gasteiger partial charge on any atom is 0.416 e. The fourth-order valence-corrected chi connectivity index (χ4v) is 1.81. The maximum atomic E-state index is 13.4. The van der Waals surface area contributed by atoms with Gasteiger partial charge in [-0.25, -0.2) is 4.39 Å². The number of aliphatic hydroxyl groups is 1. The van der Waals surface area contributed by atoms with Crippen LogP contribution in [-0.2, 0) is 6.18 Å². The second kappa shape index (κ2) is 5.05. The number of halogens is 4. The van der Waals surface area contributed by atoms with Crippen LogP contribution in [-0.4, -0.2) is 24.2 Å². The zero-order valence-electron chi connectivity index (χ0n) is 10.4. The van der Waals surface area contributed by atoms with E-state index in [1.807, 2.05) is 0 Å². The molecule has 1 fully saturated rings. The highest BCUT2D eigenvalue weighted by Gasteiger charge is 2.42. The van der Waals surface area contributed by atoms with Gasteiger partial charge >= 0.3 is 6.18 Å². The van der Waals surface area contributed by atoms with E-state index in [1.165, 1.54) is 0 Å². The van der Waals surface area contributed by atoms with Gasteiger partial charge < -0.3 is 10.4 Å². The van der Waals surface area contributed by atoms with Crippen LogP contribution in [0.5, 0.6) is 0 Å². The van der Waals surface area contributed by atoms with Gasteiger partial charge in [0.25, 0.3) is 5.91 Å². The van der Waals surface area contributed by atoms with Crippen LogP contribution in [0, 0.1) is 11.2 Å². The Morgan fingerprint density at radius 3 is 2.50 bits per heavy atom. The summed E-state index contributed by atoms with van der Waals surface area (Å²) < 4.78 is 51.0. The minimum absolute atomic E-state index is 0.113. The van der Waals surface area contributed by atoms with Crippen molar-refractivity contribution in [1.82, 2.24) is 5.32 Å². The molecule has 0 spiro atoms. The molecule has 0 atom stereocenters. The third-order valence-corrected chi connectivity index (χ3v) is 3.45. The lowest BCUT2D eigenvalue weighted by atomic mass is 10.1. The van der Waals surface area contributed by atoms with E-state index in [2.05, 4.69) is 5.32 Å². The molecule has 0 aliphatic heterocycles. The van der Waals surface area contributed by atoms with Crippen LogP contribution in [0.15, 0.2) is 18.2 Å². The third kappa shape index (κ3) is 3.09. The summed E-state index contributed by atoms with van der Waals surface area (Å²) in [5, 5.41) is 11.4. The van der Waals surface area contributed by atoms with Crippen LogP contribution < -0.4 is 5.32 Å². The number of hydrogen-bond donors (Lipinski definition) is 2. The Morgan fingerprint density at radius 1 is 1.35 bits per heavy atom. The number of hydrogen-bond acceptors (Lipinski definition) is 2. The monoisotopic (exact) mass is 291 g/mol. The number of carbonyl (C=O) groups excluding carboxylic acids is 1. The minimum atomic E-state index is -4.63. The maximum absolute atomic E-state index is 13.4. The quantitative estimate of drug-likeness (QED) is 0.837. The first-order valence-corrected chi connectivity index (χ1v) is 6.03. The van der Waals surface area contributed by atoms with E-state index < -0.39 is 34.4 Å². The summed E-state index contributed by atoms with van der Waals surface area (Å²) in [4.78, 5) is 11.7. The predicted molar refractivity (Wildman–Crippen MR) is 62.5 cm³/mol. The molecule has 1 amide bonds. The van der Waals surface area contributed by atoms with E-state index in [0.717, 1.165) is 12.8 Å². The number of aliphatic hydroxyl groups excluding tert-OH is 1. The molecular formula is C13H13F4NO2. The fraction of sp³-hybridized carbons (Fsp3) is 0.462. The number of carbonyl (C=O) groups is 1. The number of rotatable bonds is 4. The Bertz CT molecular complexity index is 524. The average molecular weight is 291 g/mol. The van der Waals surface area contributed by atoms with E-state index in [9.17, 15) is 22.4 Å². The third-order valence-electron chi connectivity index (χ3n) is 3.45. The lowest BCUT2D eigenvalue weighted by Crippen LogP contribution is -2.32. The second-order valence-corrected chi connectivity index (χ2v) is 5.03. The van der Waals surface area contributed by atoms with Crippen LogP contribution >= 0.6 is 0 Å². The molecule has 0 unspecified atom stereocenters. The van der Waals surface area contributed by atoms with E-state index >= 15 is 0 Å². The van der Waals surface area contributed by atoms with Crippen LogP contribution in [0.4, 0.5) is 17.6 Å². The molecule has 1 saturated carbocycles. The van der Waals surface area contributed by atoms with Gasteiger partial charge in [-0.15, -0.1) is 0 Å². The van der Waals surface area contributed by atoms with Gasteiger partial charge in [0.05, 0.1) is 17.7 Å². The molecule has 1 aliphatic rings. The minimum Gasteiger partial charge on any atom is -0.396 e. The Morgan fingerprint density at radius 2 is 2.00 bits per heavy atom. The van der Waals surface area contributed by atoms with E-state index in [0.29, 0.717) is 18.2 Å². The van der Waals surface area contributed by atoms with Crippen molar-refractivity contribution in [2.75, 3.05) is 13.2 Å². The summed E-state index contributed by atoms with van der Waals surface area (Å²) in [5.41, 5.74) is -2.12. The van der Waals surface area contributed by atoms with Gasteiger partial charge in [0, 0.05) is 12.0 Å². The molecule has 0 bridgehead atoms. The number of amides is 1. The standard InChI is InChI=1S/C13H13F4NO2/c14-10-2-1-8(13(15,16)17)5-9(10)11(20)18-6-12(7-19)3-4-12/h1-2,5,19H,3-4,6-7H2,(H,18,20). The lowest BCUT2D eigenvalue weighted by Gasteiger charge is -2.14. The van der Waals surface area contributed by atoms with Gasteiger partial charge in [0.2, 0.25) is 0 Å². The van der Waals surface area contributed by atoms with Crippen LogP contribution in [0.25, 0.3) is 0 Å². The normalized spacial score (nSPS) is 16.9. The summed E-state index contributed by atoms with van der Waals surface area (Å²) in [5.74, 6) is -1.92. The summed E-state index contributed by atoms with van der Waals surface area (Å²) in [6.45, 7) is 0.0103. The molecule has 2 N–H and O–H groups in total. The lowest BCUT2D eigenvalue weighted by molar-refractivity contribution is -0.137. The van der Waals surface area contributed by atoms with Gasteiger partial charge in [-0.05, 0) is 31.0 Å². The van der Waals surface area contributed by atoms with Crippen molar-refractivity contribution in [1.29, 1.82) is 0 Å². The van der Waals surface area contributed by atoms with Crippen LogP contribution in [0.2, 0.25) is 0 Å². The number of nitrogens with one attached hydrogen (secondary N) is 1. The Kier molecular flexibility index (Phi) is 3.73. The summed E-state index contributed by atoms with van der Waals surface area (Å²) in [7, 11) is 0. The highest BCUT2D eigenvalue weighted by molar-refractivity contribution is 5.94. The van der Waals surface area contributed by atoms with E-state index in [-0.39, 0.29) is 13.2 Å². The molecule has 7 heteroatoms. The molecule has 110 valence electrons. The van der Waals surface area contributed by atoms with E-state index in [1.54, 1.807) is 0 Å². The first-order chi connectivity index (χ1) is 9.27. The summed E-state index contributed by atoms with van der Waals surface area (Å²) in [6, 6.07) is 1.70. The largest absolute Gasteiger partial charge is 0.416 e. The molecule has 1 aliphatic carbocycles. The van der Waals surface area contributed by atoms with E-state index in [4.69, 9.17) is 5.11 Å². The SMILES string of the molecule is O=C(NCC1(CO)CC1)c1cc(C(F)(F)F)ccc1F. The Hall–Kier alpha value is -1.63. The van der Waals surface area contributed by atoms with Gasteiger partial charge in [0.15, 0.2) is 0 Å². The van der Waals surface area contributed by atoms with Crippen molar-refractivity contribution in [3.8, 4) is 0 Å². The van der Waals surface area contributed by atoms with Gasteiger partial charge in [-0.2, -0.15) is 13.2 Å². The molecule has 0 radical (unpaired) electrons. The zero-order valence-corrected chi connectivity index (χ0v) is 10.4. The van der Waals surface area contributed by atoms with Crippen molar-refractivity contribution in [2.24, 2.45) is 5.41 Å². The highest BCUT2D eigenvalue weighted by Crippen LogP contribution is 2.44. The molecule has 0 aromatic heterocycles. The van der Waals surface area contributed by atoms with Crippen molar-refractivity contribution in [2.45, 2.75) is 19.0 Å². The van der Waals surface area contributed by atoms with Crippen molar-refractivity contribution in [3.05, 3.63) is 35.1 Å². The molecule has 2 rings (SSSR count). The highest BCUT2D eigenvalue weighted by atomic mass is 19.4. The van der Waals surface area contributed by atoms with Crippen LogP contribution in [0.1, 0.15) is 28.8 Å². The van der Waals surface area contributed by atoms with Gasteiger partial charge in [-0.1, -0.05) is 0 Å². The first kappa shape index (κ1) is 14.8. The topological polar surface area (TPSA) is 49.3 Å². The molecule has 1 aromatic carbocycles. The van der Waals surface area contributed by atoms with Crippen LogP contribution in [0.3, 0.4) is 0 Å². The summed E-state index contributed by atoms with van der Waals surface area (Å²) in [6.07, 6.45) is -3.17.